The van der Waals surface area contributed by atoms with E-state index in [0.29, 0.717) is 0 Å². The molecule has 2 aromatic rings. The van der Waals surface area contributed by atoms with E-state index < -0.39 is 0 Å². The van der Waals surface area contributed by atoms with Gasteiger partial charge in [-0.2, -0.15) is 0 Å². The number of hydrogen-bond acceptors (Lipinski definition) is 1. The third-order valence-corrected chi connectivity index (χ3v) is 2.60. The smallest absolute Gasteiger partial charge is 0.123 e. The predicted octanol–water partition coefficient (Wildman–Crippen LogP) is 3.07. The lowest BCUT2D eigenvalue weighted by atomic mass is 10.00. The van der Waals surface area contributed by atoms with Crippen LogP contribution in [0.25, 0.3) is 0 Å². The van der Waals surface area contributed by atoms with Crippen LogP contribution in [0.2, 0.25) is 0 Å². The number of halogens is 1. The van der Waals surface area contributed by atoms with Crippen LogP contribution in [0, 0.1) is 5.82 Å². The summed E-state index contributed by atoms with van der Waals surface area (Å²) in [6, 6.07) is 16.4. The summed E-state index contributed by atoms with van der Waals surface area (Å²) < 4.78 is 12.7. The maximum absolute atomic E-state index is 12.7. The number of nitrogens with two attached hydrogens (primary N) is 1. The van der Waals surface area contributed by atoms with E-state index in [-0.39, 0.29) is 11.9 Å². The third-order valence-electron chi connectivity index (χ3n) is 2.60. The lowest BCUT2D eigenvalue weighted by molar-refractivity contribution is 0.625. The predicted molar refractivity (Wildman–Crippen MR) is 63.5 cm³/mol. The molecule has 0 bridgehead atoms. The Hall–Kier alpha value is -1.67. The van der Waals surface area contributed by atoms with Crippen molar-refractivity contribution in [3.05, 3.63) is 71.5 Å². The average Bonchev–Trinajstić information content (AvgIpc) is 2.33. The van der Waals surface area contributed by atoms with Gasteiger partial charge in [0.05, 0.1) is 0 Å². The lowest BCUT2D eigenvalue weighted by Gasteiger charge is -2.11. The highest BCUT2D eigenvalue weighted by Crippen LogP contribution is 2.15. The Morgan fingerprint density at radius 1 is 0.938 bits per heavy atom. The Labute approximate surface area is 94.7 Å². The molecule has 2 N–H and O–H groups in total. The summed E-state index contributed by atoms with van der Waals surface area (Å²) in [6.07, 6.45) is 0.726. The van der Waals surface area contributed by atoms with Crippen molar-refractivity contribution >= 4 is 0 Å². The number of rotatable bonds is 3. The highest BCUT2D eigenvalue weighted by molar-refractivity contribution is 5.23. The second kappa shape index (κ2) is 4.90. The van der Waals surface area contributed by atoms with E-state index in [1.165, 1.54) is 12.1 Å². The summed E-state index contributed by atoms with van der Waals surface area (Å²) >= 11 is 0. The molecule has 1 unspecified atom stereocenters. The van der Waals surface area contributed by atoms with Crippen LogP contribution in [0.1, 0.15) is 17.2 Å². The molecule has 0 saturated heterocycles. The van der Waals surface area contributed by atoms with Crippen LogP contribution in [0.5, 0.6) is 0 Å². The van der Waals surface area contributed by atoms with E-state index in [1.807, 2.05) is 30.3 Å². The summed E-state index contributed by atoms with van der Waals surface area (Å²) in [5, 5.41) is 0. The summed E-state index contributed by atoms with van der Waals surface area (Å²) in [5.74, 6) is -0.211. The molecule has 0 aliphatic heterocycles. The minimum absolute atomic E-state index is 0.0355. The van der Waals surface area contributed by atoms with Crippen molar-refractivity contribution in [2.45, 2.75) is 12.5 Å². The zero-order valence-electron chi connectivity index (χ0n) is 8.94. The van der Waals surface area contributed by atoms with E-state index in [9.17, 15) is 4.39 Å². The van der Waals surface area contributed by atoms with Crippen molar-refractivity contribution in [1.29, 1.82) is 0 Å². The van der Waals surface area contributed by atoms with Gasteiger partial charge in [-0.05, 0) is 29.7 Å². The lowest BCUT2D eigenvalue weighted by Crippen LogP contribution is -2.13. The molecule has 82 valence electrons. The first-order valence-corrected chi connectivity index (χ1v) is 5.30. The van der Waals surface area contributed by atoms with Gasteiger partial charge in [-0.25, -0.2) is 4.39 Å². The van der Waals surface area contributed by atoms with Gasteiger partial charge >= 0.3 is 0 Å². The van der Waals surface area contributed by atoms with Gasteiger partial charge in [0.25, 0.3) is 0 Å². The Morgan fingerprint density at radius 2 is 1.56 bits per heavy atom. The fraction of sp³-hybridized carbons (Fsp3) is 0.143. The first kappa shape index (κ1) is 10.8. The van der Waals surface area contributed by atoms with Crippen LogP contribution in [-0.2, 0) is 6.42 Å². The van der Waals surface area contributed by atoms with Gasteiger partial charge in [0.1, 0.15) is 5.82 Å². The molecule has 0 fully saturated rings. The minimum Gasteiger partial charge on any atom is -0.324 e. The highest BCUT2D eigenvalue weighted by Gasteiger charge is 2.06. The van der Waals surface area contributed by atoms with E-state index in [4.69, 9.17) is 5.73 Å². The van der Waals surface area contributed by atoms with Gasteiger partial charge in [0.15, 0.2) is 0 Å². The van der Waals surface area contributed by atoms with Gasteiger partial charge in [-0.15, -0.1) is 0 Å². The molecule has 0 amide bonds. The molecule has 0 aliphatic rings. The maximum Gasteiger partial charge on any atom is 0.123 e. The number of hydrogen-bond donors (Lipinski definition) is 1. The zero-order valence-corrected chi connectivity index (χ0v) is 8.94. The first-order chi connectivity index (χ1) is 7.75. The summed E-state index contributed by atoms with van der Waals surface area (Å²) in [4.78, 5) is 0. The number of benzene rings is 2. The Morgan fingerprint density at radius 3 is 2.19 bits per heavy atom. The molecule has 0 radical (unpaired) electrons. The van der Waals surface area contributed by atoms with Gasteiger partial charge in [0.2, 0.25) is 0 Å². The highest BCUT2D eigenvalue weighted by atomic mass is 19.1. The van der Waals surface area contributed by atoms with Crippen molar-refractivity contribution < 1.29 is 4.39 Å². The molecular weight excluding hydrogens is 201 g/mol. The van der Waals surface area contributed by atoms with Crippen LogP contribution in [-0.4, -0.2) is 0 Å². The van der Waals surface area contributed by atoms with Crippen LogP contribution in [0.4, 0.5) is 4.39 Å². The quantitative estimate of drug-likeness (QED) is 0.836. The minimum atomic E-state index is -0.211. The molecule has 0 aromatic heterocycles. The van der Waals surface area contributed by atoms with Crippen molar-refractivity contribution in [1.82, 2.24) is 0 Å². The van der Waals surface area contributed by atoms with Crippen molar-refractivity contribution in [2.24, 2.45) is 5.73 Å². The molecule has 0 aliphatic carbocycles. The SMILES string of the molecule is NC(Cc1ccc(F)cc1)c1ccccc1. The summed E-state index contributed by atoms with van der Waals surface area (Å²) in [7, 11) is 0. The Kier molecular flexibility index (Phi) is 3.32. The topological polar surface area (TPSA) is 26.0 Å². The molecule has 1 atom stereocenters. The fourth-order valence-electron chi connectivity index (χ4n) is 1.69. The standard InChI is InChI=1S/C14H14FN/c15-13-8-6-11(7-9-13)10-14(16)12-4-2-1-3-5-12/h1-9,14H,10,16H2. The average molecular weight is 215 g/mol. The molecular formula is C14H14FN. The van der Waals surface area contributed by atoms with E-state index in [0.717, 1.165) is 17.5 Å². The van der Waals surface area contributed by atoms with Gasteiger partial charge < -0.3 is 5.73 Å². The molecule has 1 nitrogen and oxygen atoms in total. The maximum atomic E-state index is 12.7. The molecule has 2 heteroatoms. The van der Waals surface area contributed by atoms with E-state index in [1.54, 1.807) is 12.1 Å². The van der Waals surface area contributed by atoms with Crippen molar-refractivity contribution in [3.63, 3.8) is 0 Å². The molecule has 16 heavy (non-hydrogen) atoms. The second-order valence-electron chi connectivity index (χ2n) is 3.85. The molecule has 2 aromatic carbocycles. The van der Waals surface area contributed by atoms with Crippen LogP contribution in [0.3, 0.4) is 0 Å². The summed E-state index contributed by atoms with van der Waals surface area (Å²) in [5.41, 5.74) is 8.23. The monoisotopic (exact) mass is 215 g/mol. The molecule has 0 spiro atoms. The molecule has 0 heterocycles. The fourth-order valence-corrected chi connectivity index (χ4v) is 1.69. The molecule has 0 saturated carbocycles. The first-order valence-electron chi connectivity index (χ1n) is 5.30. The van der Waals surface area contributed by atoms with E-state index >= 15 is 0 Å². The van der Waals surface area contributed by atoms with Crippen molar-refractivity contribution in [2.75, 3.05) is 0 Å². The zero-order chi connectivity index (χ0) is 11.4. The summed E-state index contributed by atoms with van der Waals surface area (Å²) in [6.45, 7) is 0. The largest absolute Gasteiger partial charge is 0.324 e. The van der Waals surface area contributed by atoms with Gasteiger partial charge in [-0.3, -0.25) is 0 Å². The van der Waals surface area contributed by atoms with Crippen LogP contribution in [0.15, 0.2) is 54.6 Å². The van der Waals surface area contributed by atoms with Gasteiger partial charge in [-0.1, -0.05) is 42.5 Å². The Balaban J connectivity index is 2.08. The Bertz CT molecular complexity index is 436. The van der Waals surface area contributed by atoms with Crippen molar-refractivity contribution in [3.8, 4) is 0 Å². The van der Waals surface area contributed by atoms with Crippen LogP contribution >= 0.6 is 0 Å². The normalized spacial score (nSPS) is 12.4. The van der Waals surface area contributed by atoms with Gasteiger partial charge in [0, 0.05) is 6.04 Å². The second-order valence-corrected chi connectivity index (χ2v) is 3.85. The third kappa shape index (κ3) is 2.67. The van der Waals surface area contributed by atoms with E-state index in [2.05, 4.69) is 0 Å². The van der Waals surface area contributed by atoms with Crippen LogP contribution < -0.4 is 5.73 Å². The molecule has 2 rings (SSSR count).